The predicted molar refractivity (Wildman–Crippen MR) is 60.9 cm³/mol. The predicted octanol–water partition coefficient (Wildman–Crippen LogP) is 1.27. The third-order valence-corrected chi connectivity index (χ3v) is 2.31. The molecule has 0 radical (unpaired) electrons. The summed E-state index contributed by atoms with van der Waals surface area (Å²) in [5, 5.41) is 15.5. The monoisotopic (exact) mass is 228 g/mol. The summed E-state index contributed by atoms with van der Waals surface area (Å²) in [4.78, 5) is 3.93. The van der Waals surface area contributed by atoms with Crippen LogP contribution in [0.2, 0.25) is 0 Å². The Balaban J connectivity index is 1.76. The summed E-state index contributed by atoms with van der Waals surface area (Å²) in [6.45, 7) is 1.49. The molecule has 0 saturated carbocycles. The smallest absolute Gasteiger partial charge is 0.227 e. The number of hydrogen-bond acceptors (Lipinski definition) is 5. The summed E-state index contributed by atoms with van der Waals surface area (Å²) < 4.78 is 4.88. The van der Waals surface area contributed by atoms with Crippen molar-refractivity contribution in [2.75, 3.05) is 6.54 Å². The van der Waals surface area contributed by atoms with Crippen LogP contribution in [0.1, 0.15) is 17.0 Å². The van der Waals surface area contributed by atoms with E-state index < -0.39 is 0 Å². The Labute approximate surface area is 99.1 Å². The van der Waals surface area contributed by atoms with E-state index in [0.29, 0.717) is 17.9 Å². The maximum absolute atomic E-state index is 8.76. The van der Waals surface area contributed by atoms with Crippen molar-refractivity contribution in [1.29, 1.82) is 5.26 Å². The highest BCUT2D eigenvalue weighted by Crippen LogP contribution is 2.03. The molecule has 1 heterocycles. The average molecular weight is 228 g/mol. The normalized spacial score (nSPS) is 10.1. The minimum absolute atomic E-state index is 0.628. The largest absolute Gasteiger partial charge is 0.340 e. The minimum Gasteiger partial charge on any atom is -0.340 e. The van der Waals surface area contributed by atoms with Gasteiger partial charge in [-0.2, -0.15) is 10.2 Å². The highest BCUT2D eigenvalue weighted by molar-refractivity contribution is 5.32. The standard InChI is InChI=1S/C12H12N4O/c13-7-10-2-1-3-11(6-10)8-14-5-4-12-15-9-16-17-12/h1-3,6,9,14H,4-5,8H2. The highest BCUT2D eigenvalue weighted by Gasteiger charge is 1.99. The Kier molecular flexibility index (Phi) is 3.84. The van der Waals surface area contributed by atoms with Gasteiger partial charge >= 0.3 is 0 Å². The van der Waals surface area contributed by atoms with E-state index in [4.69, 9.17) is 9.78 Å². The molecule has 17 heavy (non-hydrogen) atoms. The topological polar surface area (TPSA) is 74.7 Å². The van der Waals surface area contributed by atoms with Crippen molar-refractivity contribution in [3.63, 3.8) is 0 Å². The summed E-state index contributed by atoms with van der Waals surface area (Å²) in [6.07, 6.45) is 2.10. The van der Waals surface area contributed by atoms with Gasteiger partial charge < -0.3 is 9.84 Å². The molecule has 0 saturated heterocycles. The highest BCUT2D eigenvalue weighted by atomic mass is 16.5. The third-order valence-electron chi connectivity index (χ3n) is 2.31. The molecule has 86 valence electrons. The van der Waals surface area contributed by atoms with E-state index in [1.165, 1.54) is 6.33 Å². The quantitative estimate of drug-likeness (QED) is 0.780. The lowest BCUT2D eigenvalue weighted by Gasteiger charge is -2.03. The first-order chi connectivity index (χ1) is 8.38. The Morgan fingerprint density at radius 3 is 3.12 bits per heavy atom. The Morgan fingerprint density at radius 1 is 1.41 bits per heavy atom. The molecule has 0 aliphatic heterocycles. The van der Waals surface area contributed by atoms with Crippen LogP contribution in [0.25, 0.3) is 0 Å². The van der Waals surface area contributed by atoms with E-state index in [2.05, 4.69) is 21.5 Å². The first-order valence-corrected chi connectivity index (χ1v) is 5.34. The molecule has 5 nitrogen and oxygen atoms in total. The zero-order valence-corrected chi connectivity index (χ0v) is 9.26. The second-order valence-corrected chi connectivity index (χ2v) is 3.57. The summed E-state index contributed by atoms with van der Waals surface area (Å²) >= 11 is 0. The van der Waals surface area contributed by atoms with Crippen molar-refractivity contribution in [3.8, 4) is 6.07 Å². The molecule has 0 aliphatic rings. The zero-order valence-electron chi connectivity index (χ0n) is 9.26. The molecule has 0 unspecified atom stereocenters. The zero-order chi connectivity index (χ0) is 11.9. The van der Waals surface area contributed by atoms with E-state index in [1.807, 2.05) is 18.2 Å². The van der Waals surface area contributed by atoms with Gasteiger partial charge in [0.05, 0.1) is 11.6 Å². The fourth-order valence-electron chi connectivity index (χ4n) is 1.49. The molecular weight excluding hydrogens is 216 g/mol. The van der Waals surface area contributed by atoms with Crippen molar-refractivity contribution in [2.24, 2.45) is 0 Å². The van der Waals surface area contributed by atoms with Crippen molar-refractivity contribution in [3.05, 3.63) is 47.6 Å². The van der Waals surface area contributed by atoms with Crippen LogP contribution >= 0.6 is 0 Å². The number of hydrogen-bond donors (Lipinski definition) is 1. The van der Waals surface area contributed by atoms with Crippen molar-refractivity contribution in [1.82, 2.24) is 15.5 Å². The van der Waals surface area contributed by atoms with Gasteiger partial charge in [0.15, 0.2) is 6.33 Å². The first kappa shape index (κ1) is 11.3. The van der Waals surface area contributed by atoms with Crippen LogP contribution in [-0.4, -0.2) is 16.7 Å². The van der Waals surface area contributed by atoms with E-state index in [1.54, 1.807) is 6.07 Å². The molecule has 1 aromatic heterocycles. The van der Waals surface area contributed by atoms with E-state index in [9.17, 15) is 0 Å². The third kappa shape index (κ3) is 3.40. The first-order valence-electron chi connectivity index (χ1n) is 5.34. The van der Waals surface area contributed by atoms with Crippen molar-refractivity contribution in [2.45, 2.75) is 13.0 Å². The minimum atomic E-state index is 0.628. The van der Waals surface area contributed by atoms with E-state index in [-0.39, 0.29) is 0 Å². The van der Waals surface area contributed by atoms with Crippen molar-refractivity contribution >= 4 is 0 Å². The fraction of sp³-hybridized carbons (Fsp3) is 0.250. The van der Waals surface area contributed by atoms with Gasteiger partial charge in [0.25, 0.3) is 0 Å². The number of benzene rings is 1. The maximum Gasteiger partial charge on any atom is 0.227 e. The molecule has 0 amide bonds. The Morgan fingerprint density at radius 2 is 2.35 bits per heavy atom. The Hall–Kier alpha value is -2.19. The molecule has 0 atom stereocenters. The van der Waals surface area contributed by atoms with Crippen LogP contribution < -0.4 is 5.32 Å². The van der Waals surface area contributed by atoms with Crippen LogP contribution in [0.15, 0.2) is 35.1 Å². The number of nitrogens with zero attached hydrogens (tertiary/aromatic N) is 3. The summed E-state index contributed by atoms with van der Waals surface area (Å²) in [5.41, 5.74) is 1.77. The molecule has 1 N–H and O–H groups in total. The molecule has 5 heteroatoms. The molecule has 1 aromatic carbocycles. The van der Waals surface area contributed by atoms with Crippen LogP contribution in [0.4, 0.5) is 0 Å². The number of rotatable bonds is 5. The number of nitriles is 1. The summed E-state index contributed by atoms with van der Waals surface area (Å²) in [6, 6.07) is 9.66. The van der Waals surface area contributed by atoms with Gasteiger partial charge in [-0.1, -0.05) is 17.3 Å². The van der Waals surface area contributed by atoms with Crippen LogP contribution in [0.3, 0.4) is 0 Å². The molecule has 0 bridgehead atoms. The van der Waals surface area contributed by atoms with E-state index in [0.717, 1.165) is 18.7 Å². The molecule has 2 aromatic rings. The molecule has 0 fully saturated rings. The van der Waals surface area contributed by atoms with Crippen LogP contribution in [0, 0.1) is 11.3 Å². The lowest BCUT2D eigenvalue weighted by atomic mass is 10.1. The van der Waals surface area contributed by atoms with E-state index >= 15 is 0 Å². The molecule has 0 aliphatic carbocycles. The van der Waals surface area contributed by atoms with Gasteiger partial charge in [-0.25, -0.2) is 0 Å². The van der Waals surface area contributed by atoms with Gasteiger partial charge in [0.1, 0.15) is 0 Å². The van der Waals surface area contributed by atoms with Crippen LogP contribution in [-0.2, 0) is 13.0 Å². The second-order valence-electron chi connectivity index (χ2n) is 3.57. The van der Waals surface area contributed by atoms with Gasteiger partial charge in [-0.05, 0) is 17.7 Å². The SMILES string of the molecule is N#Cc1cccc(CNCCc2ncno2)c1. The van der Waals surface area contributed by atoms with Gasteiger partial charge in [0.2, 0.25) is 5.89 Å². The summed E-state index contributed by atoms with van der Waals surface area (Å²) in [7, 11) is 0. The lowest BCUT2D eigenvalue weighted by Crippen LogP contribution is -2.16. The molecule has 2 rings (SSSR count). The van der Waals surface area contributed by atoms with Gasteiger partial charge in [0, 0.05) is 19.5 Å². The lowest BCUT2D eigenvalue weighted by molar-refractivity contribution is 0.375. The van der Waals surface area contributed by atoms with Gasteiger partial charge in [-0.3, -0.25) is 0 Å². The fourth-order valence-corrected chi connectivity index (χ4v) is 1.49. The van der Waals surface area contributed by atoms with Gasteiger partial charge in [-0.15, -0.1) is 0 Å². The maximum atomic E-state index is 8.76. The van der Waals surface area contributed by atoms with Crippen LogP contribution in [0.5, 0.6) is 0 Å². The Bertz CT molecular complexity index is 501. The molecular formula is C12H12N4O. The average Bonchev–Trinajstić information content (AvgIpc) is 2.88. The number of nitrogens with one attached hydrogen (secondary N) is 1. The molecule has 0 spiro atoms. The second kappa shape index (κ2) is 5.77. The summed E-state index contributed by atoms with van der Waals surface area (Å²) in [5.74, 6) is 0.628. The number of aromatic nitrogens is 2. The van der Waals surface area contributed by atoms with Crippen molar-refractivity contribution < 1.29 is 4.52 Å².